The summed E-state index contributed by atoms with van der Waals surface area (Å²) in [6.07, 6.45) is 10.4. The van der Waals surface area contributed by atoms with Crippen LogP contribution in [0.5, 0.6) is 0 Å². The van der Waals surface area contributed by atoms with Crippen molar-refractivity contribution in [3.05, 3.63) is 0 Å². The summed E-state index contributed by atoms with van der Waals surface area (Å²) in [6, 6.07) is 0.415. The van der Waals surface area contributed by atoms with Crippen molar-refractivity contribution in [3.63, 3.8) is 0 Å². The summed E-state index contributed by atoms with van der Waals surface area (Å²) < 4.78 is 5.94. The molecule has 92 valence electrons. The number of fused-ring (bicyclic) bond motifs is 2. The Morgan fingerprint density at radius 3 is 2.62 bits per heavy atom. The number of nitrogens with two attached hydrogens (primary N) is 1. The van der Waals surface area contributed by atoms with E-state index in [9.17, 15) is 0 Å². The Labute approximate surface area is 98.9 Å². The average Bonchev–Trinajstić information content (AvgIpc) is 2.89. The SMILES string of the molecule is CC1CCCC(C(N)C2CC3CCC2O3)C1. The van der Waals surface area contributed by atoms with E-state index in [1.807, 2.05) is 0 Å². The van der Waals surface area contributed by atoms with Crippen LogP contribution in [0.2, 0.25) is 0 Å². The van der Waals surface area contributed by atoms with Crippen LogP contribution >= 0.6 is 0 Å². The Kier molecular flexibility index (Phi) is 2.97. The van der Waals surface area contributed by atoms with E-state index in [1.54, 1.807) is 0 Å². The van der Waals surface area contributed by atoms with Gasteiger partial charge in [0.2, 0.25) is 0 Å². The van der Waals surface area contributed by atoms with E-state index in [0.29, 0.717) is 24.2 Å². The molecule has 0 spiro atoms. The highest BCUT2D eigenvalue weighted by Gasteiger charge is 2.45. The summed E-state index contributed by atoms with van der Waals surface area (Å²) in [7, 11) is 0. The van der Waals surface area contributed by atoms with E-state index < -0.39 is 0 Å². The molecule has 2 bridgehead atoms. The quantitative estimate of drug-likeness (QED) is 0.781. The summed E-state index contributed by atoms with van der Waals surface area (Å²) in [5.74, 6) is 2.34. The highest BCUT2D eigenvalue weighted by molar-refractivity contribution is 4.96. The molecule has 6 atom stereocenters. The van der Waals surface area contributed by atoms with Crippen molar-refractivity contribution in [2.45, 2.75) is 70.1 Å². The van der Waals surface area contributed by atoms with Gasteiger partial charge in [-0.15, -0.1) is 0 Å². The molecule has 2 heterocycles. The van der Waals surface area contributed by atoms with Crippen LogP contribution in [0, 0.1) is 17.8 Å². The lowest BCUT2D eigenvalue weighted by atomic mass is 9.72. The highest BCUT2D eigenvalue weighted by atomic mass is 16.5. The first kappa shape index (κ1) is 11.0. The van der Waals surface area contributed by atoms with Crippen molar-refractivity contribution in [3.8, 4) is 0 Å². The molecule has 0 amide bonds. The second kappa shape index (κ2) is 4.30. The van der Waals surface area contributed by atoms with Crippen LogP contribution in [0.25, 0.3) is 0 Å². The molecule has 2 nitrogen and oxygen atoms in total. The molecule has 2 heteroatoms. The van der Waals surface area contributed by atoms with Gasteiger partial charge in [-0.25, -0.2) is 0 Å². The molecule has 6 unspecified atom stereocenters. The van der Waals surface area contributed by atoms with Crippen molar-refractivity contribution in [2.75, 3.05) is 0 Å². The van der Waals surface area contributed by atoms with Crippen molar-refractivity contribution in [1.82, 2.24) is 0 Å². The van der Waals surface area contributed by atoms with Crippen molar-refractivity contribution in [1.29, 1.82) is 0 Å². The molecule has 2 N–H and O–H groups in total. The molecule has 0 aromatic heterocycles. The van der Waals surface area contributed by atoms with Crippen LogP contribution < -0.4 is 5.73 Å². The standard InChI is InChI=1S/C14H25NO/c1-9-3-2-4-10(7-9)14(15)12-8-11-5-6-13(12)16-11/h9-14H,2-8,15H2,1H3. The van der Waals surface area contributed by atoms with Gasteiger partial charge in [0.15, 0.2) is 0 Å². The fourth-order valence-corrected chi connectivity index (χ4v) is 4.26. The van der Waals surface area contributed by atoms with Crippen molar-refractivity contribution >= 4 is 0 Å². The minimum Gasteiger partial charge on any atom is -0.375 e. The average molecular weight is 223 g/mol. The molecule has 0 radical (unpaired) electrons. The fraction of sp³-hybridized carbons (Fsp3) is 1.00. The van der Waals surface area contributed by atoms with Gasteiger partial charge >= 0.3 is 0 Å². The minimum absolute atomic E-state index is 0.415. The van der Waals surface area contributed by atoms with Crippen LogP contribution in [0.3, 0.4) is 0 Å². The van der Waals surface area contributed by atoms with Gasteiger partial charge in [0.25, 0.3) is 0 Å². The Balaban J connectivity index is 1.61. The molecule has 1 aliphatic carbocycles. The van der Waals surface area contributed by atoms with Crippen LogP contribution in [-0.2, 0) is 4.74 Å². The summed E-state index contributed by atoms with van der Waals surface area (Å²) in [4.78, 5) is 0. The first-order valence-corrected chi connectivity index (χ1v) is 7.15. The predicted octanol–water partition coefficient (Wildman–Crippen LogP) is 2.71. The van der Waals surface area contributed by atoms with Gasteiger partial charge in [-0.1, -0.05) is 19.8 Å². The molecule has 0 aromatic carbocycles. The first-order valence-electron chi connectivity index (χ1n) is 7.15. The fourth-order valence-electron chi connectivity index (χ4n) is 4.26. The lowest BCUT2D eigenvalue weighted by Crippen LogP contribution is -2.43. The normalized spacial score (nSPS) is 49.5. The van der Waals surface area contributed by atoms with Crippen LogP contribution in [0.15, 0.2) is 0 Å². The Bertz CT molecular complexity index is 255. The number of ether oxygens (including phenoxy) is 1. The third-order valence-corrected chi connectivity index (χ3v) is 5.17. The zero-order valence-electron chi connectivity index (χ0n) is 10.4. The zero-order valence-corrected chi connectivity index (χ0v) is 10.4. The Morgan fingerprint density at radius 1 is 1.12 bits per heavy atom. The number of rotatable bonds is 2. The van der Waals surface area contributed by atoms with Gasteiger partial charge < -0.3 is 10.5 Å². The molecular formula is C14H25NO. The van der Waals surface area contributed by atoms with E-state index in [-0.39, 0.29) is 0 Å². The van der Waals surface area contributed by atoms with Gasteiger partial charge in [-0.05, 0) is 43.9 Å². The highest BCUT2D eigenvalue weighted by Crippen LogP contribution is 2.43. The van der Waals surface area contributed by atoms with E-state index in [2.05, 4.69) is 6.92 Å². The minimum atomic E-state index is 0.415. The molecule has 0 aromatic rings. The number of hydrogen-bond donors (Lipinski definition) is 1. The lowest BCUT2D eigenvalue weighted by molar-refractivity contribution is 0.0793. The van der Waals surface area contributed by atoms with Crippen molar-refractivity contribution in [2.24, 2.45) is 23.5 Å². The van der Waals surface area contributed by atoms with E-state index in [1.165, 1.54) is 44.9 Å². The maximum Gasteiger partial charge on any atom is 0.0623 e. The topological polar surface area (TPSA) is 35.2 Å². The molecule has 2 saturated heterocycles. The maximum absolute atomic E-state index is 6.52. The van der Waals surface area contributed by atoms with Gasteiger partial charge in [-0.3, -0.25) is 0 Å². The maximum atomic E-state index is 6.52. The van der Waals surface area contributed by atoms with Crippen LogP contribution in [-0.4, -0.2) is 18.2 Å². The van der Waals surface area contributed by atoms with Gasteiger partial charge in [0.05, 0.1) is 12.2 Å². The number of hydrogen-bond acceptors (Lipinski definition) is 2. The second-order valence-corrected chi connectivity index (χ2v) is 6.38. The largest absolute Gasteiger partial charge is 0.375 e. The van der Waals surface area contributed by atoms with E-state index in [4.69, 9.17) is 10.5 Å². The Morgan fingerprint density at radius 2 is 2.00 bits per heavy atom. The van der Waals surface area contributed by atoms with E-state index >= 15 is 0 Å². The van der Waals surface area contributed by atoms with Gasteiger partial charge in [0.1, 0.15) is 0 Å². The lowest BCUT2D eigenvalue weighted by Gasteiger charge is -2.36. The molecule has 2 aliphatic heterocycles. The predicted molar refractivity (Wildman–Crippen MR) is 65.1 cm³/mol. The third-order valence-electron chi connectivity index (χ3n) is 5.17. The van der Waals surface area contributed by atoms with Crippen molar-refractivity contribution < 1.29 is 4.74 Å². The molecule has 3 aliphatic rings. The molecule has 1 saturated carbocycles. The molecule has 16 heavy (non-hydrogen) atoms. The summed E-state index contributed by atoms with van der Waals surface area (Å²) in [5, 5.41) is 0. The third kappa shape index (κ3) is 1.91. The van der Waals surface area contributed by atoms with E-state index in [0.717, 1.165) is 11.8 Å². The van der Waals surface area contributed by atoms with Crippen LogP contribution in [0.4, 0.5) is 0 Å². The smallest absolute Gasteiger partial charge is 0.0623 e. The molecule has 3 rings (SSSR count). The summed E-state index contributed by atoms with van der Waals surface area (Å²) in [5.41, 5.74) is 6.52. The monoisotopic (exact) mass is 223 g/mol. The summed E-state index contributed by atoms with van der Waals surface area (Å²) in [6.45, 7) is 2.39. The van der Waals surface area contributed by atoms with Gasteiger partial charge in [0, 0.05) is 12.0 Å². The summed E-state index contributed by atoms with van der Waals surface area (Å²) >= 11 is 0. The van der Waals surface area contributed by atoms with Crippen LogP contribution in [0.1, 0.15) is 51.9 Å². The zero-order chi connectivity index (χ0) is 11.1. The molecule has 3 fully saturated rings. The molecular weight excluding hydrogens is 198 g/mol. The van der Waals surface area contributed by atoms with Gasteiger partial charge in [-0.2, -0.15) is 0 Å². The second-order valence-electron chi connectivity index (χ2n) is 6.38. The Hall–Kier alpha value is -0.0800. The first-order chi connectivity index (χ1) is 7.74.